The summed E-state index contributed by atoms with van der Waals surface area (Å²) in [6.07, 6.45) is 23.5. The van der Waals surface area contributed by atoms with Crippen LogP contribution < -0.4 is 0 Å². The van der Waals surface area contributed by atoms with E-state index in [0.717, 1.165) is 12.8 Å². The van der Waals surface area contributed by atoms with Crippen molar-refractivity contribution in [3.05, 3.63) is 60.8 Å². The maximum atomic E-state index is 3.09. The summed E-state index contributed by atoms with van der Waals surface area (Å²) in [6.45, 7) is 0. The minimum absolute atomic E-state index is 0.957. The van der Waals surface area contributed by atoms with Crippen LogP contribution >= 0.6 is 0 Å². The molecule has 0 spiro atoms. The van der Waals surface area contributed by atoms with Gasteiger partial charge in [0, 0.05) is 0 Å². The molecule has 0 unspecified atom stereocenters. The number of hydrogen-bond acceptors (Lipinski definition) is 0. The largest absolute Gasteiger partial charge is 0.0807 e. The van der Waals surface area contributed by atoms with Crippen LogP contribution in [0.3, 0.4) is 0 Å². The molecular formula is C12H13. The maximum Gasteiger partial charge on any atom is -0.0157 e. The van der Waals surface area contributed by atoms with E-state index in [-0.39, 0.29) is 0 Å². The highest BCUT2D eigenvalue weighted by molar-refractivity contribution is 5.14. The molecule has 0 saturated carbocycles. The summed E-state index contributed by atoms with van der Waals surface area (Å²) in [5, 5.41) is 0. The summed E-state index contributed by atoms with van der Waals surface area (Å²) >= 11 is 0. The van der Waals surface area contributed by atoms with Gasteiger partial charge in [0.25, 0.3) is 0 Å². The third-order valence-electron chi connectivity index (χ3n) is 1.46. The van der Waals surface area contributed by atoms with Gasteiger partial charge < -0.3 is 0 Å². The van der Waals surface area contributed by atoms with Crippen LogP contribution in [-0.2, 0) is 0 Å². The van der Waals surface area contributed by atoms with Crippen molar-refractivity contribution in [2.24, 2.45) is 0 Å². The van der Waals surface area contributed by atoms with E-state index in [9.17, 15) is 0 Å². The zero-order valence-electron chi connectivity index (χ0n) is 7.11. The molecular weight excluding hydrogens is 144 g/mol. The van der Waals surface area contributed by atoms with Gasteiger partial charge >= 0.3 is 0 Å². The van der Waals surface area contributed by atoms with Crippen molar-refractivity contribution >= 4 is 0 Å². The highest BCUT2D eigenvalue weighted by Gasteiger charge is 1.72. The number of allylic oxidation sites excluding steroid dienone is 10. The lowest BCUT2D eigenvalue weighted by Gasteiger charge is -1.82. The molecule has 0 heteroatoms. The van der Waals surface area contributed by atoms with Crippen LogP contribution in [0.1, 0.15) is 12.8 Å². The first kappa shape index (κ1) is 8.79. The van der Waals surface area contributed by atoms with E-state index in [2.05, 4.69) is 30.4 Å². The minimum atomic E-state index is 0.957. The lowest BCUT2D eigenvalue weighted by Crippen LogP contribution is -1.62. The lowest BCUT2D eigenvalue weighted by atomic mass is 10.2. The molecule has 0 saturated heterocycles. The van der Waals surface area contributed by atoms with E-state index >= 15 is 0 Å². The van der Waals surface area contributed by atoms with E-state index in [1.165, 1.54) is 0 Å². The summed E-state index contributed by atoms with van der Waals surface area (Å²) in [5.74, 6) is 0. The van der Waals surface area contributed by atoms with Crippen LogP contribution in [0.5, 0.6) is 0 Å². The van der Waals surface area contributed by atoms with E-state index in [1.807, 2.05) is 30.4 Å². The standard InChI is InChI=1S/C12H13/c1-2-4-6-8-10-12-11-9-7-5-3-1/h1-6,9-11H,7-8H2/b2-1+,5-3-,6-4-,11-9-,12-10?. The average Bonchev–Trinajstić information content (AvgIpc) is 2.05. The summed E-state index contributed by atoms with van der Waals surface area (Å²) in [4.78, 5) is 0. The van der Waals surface area contributed by atoms with Crippen molar-refractivity contribution in [3.63, 3.8) is 0 Å². The Kier molecular flexibility index (Phi) is 4.70. The molecule has 1 radical (unpaired) electrons. The van der Waals surface area contributed by atoms with Crippen molar-refractivity contribution in [2.75, 3.05) is 0 Å². The average molecular weight is 157 g/mol. The Bertz CT molecular complexity index is 211. The van der Waals surface area contributed by atoms with E-state index < -0.39 is 0 Å². The first-order valence-electron chi connectivity index (χ1n) is 4.21. The molecule has 61 valence electrons. The predicted molar refractivity (Wildman–Crippen MR) is 53.6 cm³/mol. The van der Waals surface area contributed by atoms with Crippen LogP contribution in [0, 0.1) is 6.08 Å². The second kappa shape index (κ2) is 6.41. The molecule has 12 heavy (non-hydrogen) atoms. The van der Waals surface area contributed by atoms with Crippen molar-refractivity contribution < 1.29 is 0 Å². The molecule has 1 rings (SSSR count). The lowest BCUT2D eigenvalue weighted by molar-refractivity contribution is 1.35. The molecule has 0 bridgehead atoms. The molecule has 1 aliphatic carbocycles. The molecule has 0 aromatic heterocycles. The van der Waals surface area contributed by atoms with Crippen LogP contribution in [0.4, 0.5) is 0 Å². The van der Waals surface area contributed by atoms with Gasteiger partial charge in [0.1, 0.15) is 0 Å². The van der Waals surface area contributed by atoms with Crippen LogP contribution in [0.25, 0.3) is 0 Å². The number of rotatable bonds is 0. The van der Waals surface area contributed by atoms with Crippen molar-refractivity contribution in [1.82, 2.24) is 0 Å². The Balaban J connectivity index is 2.55. The Morgan fingerprint density at radius 3 is 2.33 bits per heavy atom. The van der Waals surface area contributed by atoms with Crippen LogP contribution in [-0.4, -0.2) is 0 Å². The molecule has 0 aliphatic heterocycles. The summed E-state index contributed by atoms with van der Waals surface area (Å²) < 4.78 is 0. The highest BCUT2D eigenvalue weighted by atomic mass is 13.8. The molecule has 0 aromatic rings. The van der Waals surface area contributed by atoms with Gasteiger partial charge in [-0.2, -0.15) is 0 Å². The highest BCUT2D eigenvalue weighted by Crippen LogP contribution is 1.92. The maximum absolute atomic E-state index is 3.09. The third kappa shape index (κ3) is 4.51. The van der Waals surface area contributed by atoms with Gasteiger partial charge in [-0.3, -0.25) is 0 Å². The zero-order valence-corrected chi connectivity index (χ0v) is 7.11. The topological polar surface area (TPSA) is 0 Å². The fourth-order valence-corrected chi connectivity index (χ4v) is 0.861. The Hall–Kier alpha value is -1.30. The summed E-state index contributed by atoms with van der Waals surface area (Å²) in [7, 11) is 0. The minimum Gasteiger partial charge on any atom is -0.0807 e. The number of hydrogen-bond donors (Lipinski definition) is 0. The van der Waals surface area contributed by atoms with Crippen molar-refractivity contribution in [2.45, 2.75) is 12.8 Å². The Morgan fingerprint density at radius 2 is 1.50 bits per heavy atom. The fraction of sp³-hybridized carbons (Fsp3) is 0.167. The van der Waals surface area contributed by atoms with E-state index in [4.69, 9.17) is 0 Å². The van der Waals surface area contributed by atoms with Gasteiger partial charge in [-0.15, -0.1) is 0 Å². The monoisotopic (exact) mass is 157 g/mol. The van der Waals surface area contributed by atoms with Crippen LogP contribution in [0.15, 0.2) is 54.7 Å². The van der Waals surface area contributed by atoms with E-state index in [0.29, 0.717) is 0 Å². The normalized spacial score (nSPS) is 30.7. The van der Waals surface area contributed by atoms with Gasteiger partial charge in [0.15, 0.2) is 0 Å². The molecule has 0 heterocycles. The SMILES string of the molecule is [C]1=C/C\C=C/C=C/C=C\C\C=C/1. The first-order valence-corrected chi connectivity index (χ1v) is 4.21. The smallest absolute Gasteiger partial charge is 0.0157 e. The van der Waals surface area contributed by atoms with Crippen molar-refractivity contribution in [3.8, 4) is 0 Å². The molecule has 1 aliphatic rings. The fourth-order valence-electron chi connectivity index (χ4n) is 0.861. The third-order valence-corrected chi connectivity index (χ3v) is 1.46. The molecule has 0 fully saturated rings. The van der Waals surface area contributed by atoms with Gasteiger partial charge in [-0.25, -0.2) is 0 Å². The van der Waals surface area contributed by atoms with Gasteiger partial charge in [-0.1, -0.05) is 54.7 Å². The van der Waals surface area contributed by atoms with Crippen molar-refractivity contribution in [1.29, 1.82) is 0 Å². The summed E-state index contributed by atoms with van der Waals surface area (Å²) in [5.41, 5.74) is 0. The second-order valence-electron chi connectivity index (χ2n) is 2.49. The van der Waals surface area contributed by atoms with Gasteiger partial charge in [0.2, 0.25) is 0 Å². The van der Waals surface area contributed by atoms with Crippen LogP contribution in [0.2, 0.25) is 0 Å². The quantitative estimate of drug-likeness (QED) is 0.505. The molecule has 0 N–H and O–H groups in total. The molecule has 0 atom stereocenters. The molecule has 0 aromatic carbocycles. The first-order chi connectivity index (χ1) is 6.00. The zero-order chi connectivity index (χ0) is 8.49. The summed E-state index contributed by atoms with van der Waals surface area (Å²) in [6, 6.07) is 0. The molecule has 0 amide bonds. The van der Waals surface area contributed by atoms with Gasteiger partial charge in [0.05, 0.1) is 0 Å². The Labute approximate surface area is 74.3 Å². The predicted octanol–water partition coefficient (Wildman–Crippen LogP) is 3.36. The van der Waals surface area contributed by atoms with E-state index in [1.54, 1.807) is 0 Å². The Morgan fingerprint density at radius 1 is 0.750 bits per heavy atom. The van der Waals surface area contributed by atoms with Gasteiger partial charge in [-0.05, 0) is 18.9 Å². The second-order valence-corrected chi connectivity index (χ2v) is 2.49. The molecule has 0 nitrogen and oxygen atoms in total.